The van der Waals surface area contributed by atoms with Crippen LogP contribution in [0.15, 0.2) is 18.2 Å². The van der Waals surface area contributed by atoms with Gasteiger partial charge in [-0.25, -0.2) is 0 Å². The van der Waals surface area contributed by atoms with E-state index >= 15 is 0 Å². The number of halogens is 1. The smallest absolute Gasteiger partial charge is 0.130 e. The molecule has 1 atom stereocenters. The molecule has 1 saturated heterocycles. The average molecular weight is 307 g/mol. The van der Waals surface area contributed by atoms with Crippen molar-refractivity contribution in [2.75, 3.05) is 5.88 Å². The van der Waals surface area contributed by atoms with Gasteiger partial charge in [0.2, 0.25) is 0 Å². The summed E-state index contributed by atoms with van der Waals surface area (Å²) in [6, 6.07) is 5.98. The summed E-state index contributed by atoms with van der Waals surface area (Å²) in [7, 11) is 0. The predicted octanol–water partition coefficient (Wildman–Crippen LogP) is 4.31. The Morgan fingerprint density at radius 2 is 2.05 bits per heavy atom. The predicted molar refractivity (Wildman–Crippen MR) is 87.1 cm³/mol. The standard InChI is InChI=1S/C18H23ClO2/c1-13-11-14(7-6-10-19)8-9-15(13)20-16-12-17(2,3)21-18(16,4)5/h8-9,11,16H,10,12H2,1-5H3. The van der Waals surface area contributed by atoms with Gasteiger partial charge in [-0.15, -0.1) is 11.6 Å². The lowest BCUT2D eigenvalue weighted by Gasteiger charge is -2.28. The molecule has 0 spiro atoms. The van der Waals surface area contributed by atoms with Crippen molar-refractivity contribution in [1.29, 1.82) is 0 Å². The van der Waals surface area contributed by atoms with Crippen LogP contribution in [0.3, 0.4) is 0 Å². The molecule has 0 amide bonds. The Balaban J connectivity index is 2.17. The van der Waals surface area contributed by atoms with Gasteiger partial charge >= 0.3 is 0 Å². The van der Waals surface area contributed by atoms with Crippen molar-refractivity contribution in [3.63, 3.8) is 0 Å². The van der Waals surface area contributed by atoms with Crippen LogP contribution in [0.5, 0.6) is 5.75 Å². The van der Waals surface area contributed by atoms with Crippen LogP contribution in [0.2, 0.25) is 0 Å². The van der Waals surface area contributed by atoms with E-state index in [1.807, 2.05) is 25.1 Å². The van der Waals surface area contributed by atoms with E-state index in [9.17, 15) is 0 Å². The molecule has 3 heteroatoms. The number of alkyl halides is 1. The third-order valence-corrected chi connectivity index (χ3v) is 3.87. The van der Waals surface area contributed by atoms with Crippen LogP contribution in [-0.4, -0.2) is 23.2 Å². The van der Waals surface area contributed by atoms with Crippen LogP contribution < -0.4 is 4.74 Å². The highest BCUT2D eigenvalue weighted by atomic mass is 35.5. The summed E-state index contributed by atoms with van der Waals surface area (Å²) >= 11 is 5.58. The van der Waals surface area contributed by atoms with Crippen LogP contribution in [0.1, 0.15) is 45.2 Å². The first kappa shape index (κ1) is 16.2. The van der Waals surface area contributed by atoms with Crippen LogP contribution >= 0.6 is 11.6 Å². The lowest BCUT2D eigenvalue weighted by molar-refractivity contribution is -0.0846. The van der Waals surface area contributed by atoms with Crippen molar-refractivity contribution < 1.29 is 9.47 Å². The molecule has 1 aliphatic heterocycles. The molecule has 0 saturated carbocycles. The van der Waals surface area contributed by atoms with Gasteiger partial charge < -0.3 is 9.47 Å². The number of hydrogen-bond acceptors (Lipinski definition) is 2. The van der Waals surface area contributed by atoms with E-state index in [0.717, 1.165) is 23.3 Å². The van der Waals surface area contributed by atoms with E-state index in [-0.39, 0.29) is 17.3 Å². The molecule has 2 nitrogen and oxygen atoms in total. The second-order valence-corrected chi connectivity index (χ2v) is 6.96. The molecule has 1 aromatic rings. The summed E-state index contributed by atoms with van der Waals surface area (Å²) in [5, 5.41) is 0. The molecule has 1 aromatic carbocycles. The van der Waals surface area contributed by atoms with Gasteiger partial charge in [-0.2, -0.15) is 0 Å². The molecule has 114 valence electrons. The van der Waals surface area contributed by atoms with Gasteiger partial charge in [-0.3, -0.25) is 0 Å². The lowest BCUT2D eigenvalue weighted by Crippen LogP contribution is -2.36. The molecular formula is C18H23ClO2. The van der Waals surface area contributed by atoms with E-state index in [1.165, 1.54) is 0 Å². The summed E-state index contributed by atoms with van der Waals surface area (Å²) < 4.78 is 12.3. The molecule has 21 heavy (non-hydrogen) atoms. The first-order valence-electron chi connectivity index (χ1n) is 7.26. The molecule has 1 unspecified atom stereocenters. The topological polar surface area (TPSA) is 18.5 Å². The molecule has 2 rings (SSSR count). The SMILES string of the molecule is Cc1cc(C#CCCl)ccc1OC1CC(C)(C)OC1(C)C. The number of hydrogen-bond donors (Lipinski definition) is 0. The zero-order valence-electron chi connectivity index (χ0n) is 13.4. The van der Waals surface area contributed by atoms with Gasteiger partial charge in [0.1, 0.15) is 17.5 Å². The molecule has 0 aromatic heterocycles. The van der Waals surface area contributed by atoms with Gasteiger partial charge in [0, 0.05) is 12.0 Å². The third-order valence-electron chi connectivity index (χ3n) is 3.74. The van der Waals surface area contributed by atoms with Gasteiger partial charge in [-0.1, -0.05) is 11.8 Å². The van der Waals surface area contributed by atoms with Crippen molar-refractivity contribution in [2.24, 2.45) is 0 Å². The zero-order valence-corrected chi connectivity index (χ0v) is 14.2. The van der Waals surface area contributed by atoms with E-state index in [0.29, 0.717) is 5.88 Å². The highest BCUT2D eigenvalue weighted by molar-refractivity contribution is 6.19. The summed E-state index contributed by atoms with van der Waals surface area (Å²) in [5.41, 5.74) is 1.61. The number of aryl methyl sites for hydroxylation is 1. The second-order valence-electron chi connectivity index (χ2n) is 6.69. The lowest BCUT2D eigenvalue weighted by atomic mass is 9.97. The molecule has 0 radical (unpaired) electrons. The Labute approximate surface area is 132 Å². The van der Waals surface area contributed by atoms with Gasteiger partial charge in [0.25, 0.3) is 0 Å². The summed E-state index contributed by atoms with van der Waals surface area (Å²) in [6.07, 6.45) is 0.929. The maximum atomic E-state index is 6.22. The minimum atomic E-state index is -0.285. The quantitative estimate of drug-likeness (QED) is 0.599. The monoisotopic (exact) mass is 306 g/mol. The third kappa shape index (κ3) is 3.93. The first-order chi connectivity index (χ1) is 9.73. The highest BCUT2D eigenvalue weighted by Crippen LogP contribution is 2.40. The molecule has 0 N–H and O–H groups in total. The molecule has 1 fully saturated rings. The fourth-order valence-electron chi connectivity index (χ4n) is 2.84. The maximum absolute atomic E-state index is 6.22. The van der Waals surface area contributed by atoms with Gasteiger partial charge in [-0.05, 0) is 58.4 Å². The Morgan fingerprint density at radius 3 is 2.57 bits per heavy atom. The van der Waals surface area contributed by atoms with Crippen molar-refractivity contribution in [3.05, 3.63) is 29.3 Å². The second kappa shape index (κ2) is 5.91. The Morgan fingerprint density at radius 1 is 1.33 bits per heavy atom. The van der Waals surface area contributed by atoms with Crippen molar-refractivity contribution >= 4 is 11.6 Å². The fraction of sp³-hybridized carbons (Fsp3) is 0.556. The van der Waals surface area contributed by atoms with E-state index in [1.54, 1.807) is 0 Å². The van der Waals surface area contributed by atoms with Crippen LogP contribution in [-0.2, 0) is 4.74 Å². The summed E-state index contributed by atoms with van der Waals surface area (Å²) in [6.45, 7) is 10.4. The van der Waals surface area contributed by atoms with E-state index < -0.39 is 0 Å². The van der Waals surface area contributed by atoms with Crippen molar-refractivity contribution in [3.8, 4) is 17.6 Å². The van der Waals surface area contributed by atoms with Gasteiger partial charge in [0.15, 0.2) is 0 Å². The summed E-state index contributed by atoms with van der Waals surface area (Å²) in [4.78, 5) is 0. The first-order valence-corrected chi connectivity index (χ1v) is 7.79. The van der Waals surface area contributed by atoms with Crippen molar-refractivity contribution in [2.45, 2.75) is 58.3 Å². The molecule has 1 aliphatic rings. The van der Waals surface area contributed by atoms with Crippen molar-refractivity contribution in [1.82, 2.24) is 0 Å². The summed E-state index contributed by atoms with van der Waals surface area (Å²) in [5.74, 6) is 7.13. The van der Waals surface area contributed by atoms with Crippen LogP contribution in [0, 0.1) is 18.8 Å². The largest absolute Gasteiger partial charge is 0.487 e. The van der Waals surface area contributed by atoms with E-state index in [4.69, 9.17) is 21.1 Å². The molecule has 1 heterocycles. The Hall–Kier alpha value is -1.17. The number of ether oxygens (including phenoxy) is 2. The number of benzene rings is 1. The molecular weight excluding hydrogens is 284 g/mol. The maximum Gasteiger partial charge on any atom is 0.130 e. The number of rotatable bonds is 2. The Kier molecular flexibility index (Phi) is 4.56. The van der Waals surface area contributed by atoms with Crippen LogP contribution in [0.4, 0.5) is 0 Å². The van der Waals surface area contributed by atoms with E-state index in [2.05, 4.69) is 39.5 Å². The van der Waals surface area contributed by atoms with Crippen LogP contribution in [0.25, 0.3) is 0 Å². The minimum Gasteiger partial charge on any atom is -0.487 e. The highest BCUT2D eigenvalue weighted by Gasteiger charge is 2.47. The molecule has 0 aliphatic carbocycles. The normalized spacial score (nSPS) is 22.5. The fourth-order valence-corrected chi connectivity index (χ4v) is 2.91. The molecule has 0 bridgehead atoms. The zero-order chi connectivity index (χ0) is 15.7. The van der Waals surface area contributed by atoms with Gasteiger partial charge in [0.05, 0.1) is 11.5 Å². The average Bonchev–Trinajstić information content (AvgIpc) is 2.57. The Bertz CT molecular complexity index is 579. The minimum absolute atomic E-state index is 0.0472.